The van der Waals surface area contributed by atoms with E-state index < -0.39 is 34.8 Å². The van der Waals surface area contributed by atoms with Crippen molar-refractivity contribution >= 4 is 11.8 Å². The highest BCUT2D eigenvalue weighted by Gasteiger charge is 2.36. The summed E-state index contributed by atoms with van der Waals surface area (Å²) in [4.78, 5) is 41.1. The Morgan fingerprint density at radius 2 is 2.00 bits per heavy atom. The number of ether oxygens (including phenoxy) is 1. The third-order valence-corrected chi connectivity index (χ3v) is 4.10. The molecule has 9 heteroatoms. The van der Waals surface area contributed by atoms with Crippen LogP contribution in [0.25, 0.3) is 0 Å². The van der Waals surface area contributed by atoms with Crippen LogP contribution in [0.1, 0.15) is 24.0 Å². The van der Waals surface area contributed by atoms with E-state index in [2.05, 4.69) is 21.9 Å². The van der Waals surface area contributed by atoms with Crippen LogP contribution in [-0.4, -0.2) is 22.5 Å². The molecule has 0 saturated carbocycles. The molecule has 1 aromatic carbocycles. The number of aromatic amines is 2. The van der Waals surface area contributed by atoms with Crippen molar-refractivity contribution in [2.24, 2.45) is 0 Å². The first kappa shape index (κ1) is 18.3. The number of carbonyl (C=O) groups excluding carboxylic acids is 1. The summed E-state index contributed by atoms with van der Waals surface area (Å²) in [7, 11) is 0. The molecule has 0 bridgehead atoms. The van der Waals surface area contributed by atoms with E-state index in [0.29, 0.717) is 5.70 Å². The topological polar surface area (TPSA) is 104 Å². The highest BCUT2D eigenvalue weighted by molar-refractivity contribution is 5.94. The Kier molecular flexibility index (Phi) is 4.76. The highest BCUT2D eigenvalue weighted by atomic mass is 19.2. The first-order valence-electron chi connectivity index (χ1n) is 7.90. The van der Waals surface area contributed by atoms with Crippen molar-refractivity contribution in [2.75, 3.05) is 11.9 Å². The van der Waals surface area contributed by atoms with Gasteiger partial charge in [0, 0.05) is 5.70 Å². The zero-order chi connectivity index (χ0) is 19.7. The van der Waals surface area contributed by atoms with Gasteiger partial charge in [-0.15, -0.1) is 0 Å². The first-order valence-corrected chi connectivity index (χ1v) is 7.90. The molecule has 0 amide bonds. The van der Waals surface area contributed by atoms with Gasteiger partial charge in [0.05, 0.1) is 17.1 Å². The van der Waals surface area contributed by atoms with Crippen LogP contribution in [0.4, 0.5) is 14.6 Å². The molecule has 0 radical (unpaired) electrons. The average Bonchev–Trinajstić information content (AvgIpc) is 2.60. The first-order chi connectivity index (χ1) is 12.8. The number of rotatable bonds is 4. The summed E-state index contributed by atoms with van der Waals surface area (Å²) >= 11 is 0. The van der Waals surface area contributed by atoms with Crippen LogP contribution in [0.15, 0.2) is 51.7 Å². The summed E-state index contributed by atoms with van der Waals surface area (Å²) in [6.45, 7) is 4.93. The van der Waals surface area contributed by atoms with E-state index in [0.717, 1.165) is 12.1 Å². The number of aromatic nitrogens is 2. The molecular formula is C18H15F2N3O4. The van der Waals surface area contributed by atoms with E-state index in [9.17, 15) is 23.2 Å². The van der Waals surface area contributed by atoms with Gasteiger partial charge in [-0.25, -0.2) is 18.4 Å². The number of hydrogen-bond acceptors (Lipinski definition) is 5. The van der Waals surface area contributed by atoms with Gasteiger partial charge in [-0.2, -0.15) is 0 Å². The Bertz CT molecular complexity index is 1080. The van der Waals surface area contributed by atoms with Crippen LogP contribution in [-0.2, 0) is 9.53 Å². The lowest BCUT2D eigenvalue weighted by Crippen LogP contribution is -2.35. The van der Waals surface area contributed by atoms with Gasteiger partial charge in [0.25, 0.3) is 5.56 Å². The zero-order valence-corrected chi connectivity index (χ0v) is 14.2. The van der Waals surface area contributed by atoms with E-state index >= 15 is 0 Å². The van der Waals surface area contributed by atoms with Crippen LogP contribution in [0.5, 0.6) is 0 Å². The van der Waals surface area contributed by atoms with E-state index in [1.54, 1.807) is 6.92 Å². The molecule has 0 spiro atoms. The number of nitrogens with one attached hydrogen (secondary N) is 3. The van der Waals surface area contributed by atoms with Gasteiger partial charge in [0.2, 0.25) is 0 Å². The average molecular weight is 375 g/mol. The van der Waals surface area contributed by atoms with E-state index in [-0.39, 0.29) is 29.1 Å². The molecule has 27 heavy (non-hydrogen) atoms. The van der Waals surface area contributed by atoms with Crippen molar-refractivity contribution in [1.29, 1.82) is 0 Å². The maximum atomic E-state index is 13.8. The molecule has 1 unspecified atom stereocenters. The van der Waals surface area contributed by atoms with Gasteiger partial charge in [-0.1, -0.05) is 18.7 Å². The molecular weight excluding hydrogens is 360 g/mol. The van der Waals surface area contributed by atoms with Gasteiger partial charge in [-0.3, -0.25) is 14.8 Å². The molecule has 7 nitrogen and oxygen atoms in total. The molecule has 140 valence electrons. The summed E-state index contributed by atoms with van der Waals surface area (Å²) in [5, 5.41) is 2.78. The molecule has 1 aliphatic heterocycles. The number of fused-ring (bicyclic) bond motifs is 1. The minimum atomic E-state index is -1.13. The third-order valence-electron chi connectivity index (χ3n) is 4.10. The zero-order valence-electron chi connectivity index (χ0n) is 14.2. The Labute approximate surface area is 151 Å². The molecule has 0 aliphatic carbocycles. The van der Waals surface area contributed by atoms with Crippen molar-refractivity contribution in [1.82, 2.24) is 9.97 Å². The van der Waals surface area contributed by atoms with Gasteiger partial charge in [0.15, 0.2) is 11.6 Å². The number of H-pyrrole nitrogens is 2. The lowest BCUT2D eigenvalue weighted by atomic mass is 9.82. The highest BCUT2D eigenvalue weighted by Crippen LogP contribution is 2.39. The molecule has 2 aromatic rings. The van der Waals surface area contributed by atoms with E-state index in [1.807, 2.05) is 0 Å². The second-order valence-electron chi connectivity index (χ2n) is 5.85. The monoisotopic (exact) mass is 375 g/mol. The molecule has 1 aliphatic rings. The quantitative estimate of drug-likeness (QED) is 0.559. The molecule has 3 rings (SSSR count). The normalized spacial score (nSPS) is 15.7. The SMILES string of the molecule is C=CCOC(=O)C1=C(C)Nc2[nH]c(=O)[nH]c(=O)c2C1c1ccc(F)c(F)c1. The maximum absolute atomic E-state index is 13.8. The van der Waals surface area contributed by atoms with E-state index in [1.165, 1.54) is 12.1 Å². The van der Waals surface area contributed by atoms with Crippen molar-refractivity contribution in [3.8, 4) is 0 Å². The lowest BCUT2D eigenvalue weighted by molar-refractivity contribution is -0.138. The molecule has 3 N–H and O–H groups in total. The third kappa shape index (κ3) is 3.31. The molecule has 1 aromatic heterocycles. The predicted octanol–water partition coefficient (Wildman–Crippen LogP) is 1.90. The number of hydrogen-bond donors (Lipinski definition) is 3. The number of halogens is 2. The number of esters is 1. The van der Waals surface area contributed by atoms with Crippen LogP contribution >= 0.6 is 0 Å². The van der Waals surface area contributed by atoms with Crippen molar-refractivity contribution in [3.05, 3.63) is 85.7 Å². The Hall–Kier alpha value is -3.49. The Morgan fingerprint density at radius 3 is 2.67 bits per heavy atom. The number of benzene rings is 1. The van der Waals surface area contributed by atoms with Gasteiger partial charge >= 0.3 is 11.7 Å². The van der Waals surface area contributed by atoms with Gasteiger partial charge in [-0.05, 0) is 24.6 Å². The largest absolute Gasteiger partial charge is 0.458 e. The smallest absolute Gasteiger partial charge is 0.337 e. The second-order valence-corrected chi connectivity index (χ2v) is 5.85. The van der Waals surface area contributed by atoms with Crippen molar-refractivity contribution in [2.45, 2.75) is 12.8 Å². The van der Waals surface area contributed by atoms with Crippen LogP contribution in [0, 0.1) is 11.6 Å². The summed E-state index contributed by atoms with van der Waals surface area (Å²) in [5.41, 5.74) is -1.05. The van der Waals surface area contributed by atoms with E-state index in [4.69, 9.17) is 4.74 Å². The van der Waals surface area contributed by atoms with Crippen LogP contribution < -0.4 is 16.6 Å². The number of allylic oxidation sites excluding steroid dienone is 1. The summed E-state index contributed by atoms with van der Waals surface area (Å²) < 4.78 is 32.3. The van der Waals surface area contributed by atoms with Crippen molar-refractivity contribution in [3.63, 3.8) is 0 Å². The lowest BCUT2D eigenvalue weighted by Gasteiger charge is -2.28. The Balaban J connectivity index is 2.26. The maximum Gasteiger partial charge on any atom is 0.337 e. The fraction of sp³-hybridized carbons (Fsp3) is 0.167. The molecule has 1 atom stereocenters. The van der Waals surface area contributed by atoms with Crippen molar-refractivity contribution < 1.29 is 18.3 Å². The minimum Gasteiger partial charge on any atom is -0.458 e. The summed E-state index contributed by atoms with van der Waals surface area (Å²) in [5.74, 6) is -3.97. The standard InChI is InChI=1S/C18H15F2N3O4/c1-3-6-27-17(25)12-8(2)21-15-14(16(24)23-18(26)22-15)13(12)9-4-5-10(19)11(20)7-9/h3-5,7,13H,1,6H2,2H3,(H3,21,22,23,24,26). The summed E-state index contributed by atoms with van der Waals surface area (Å²) in [6, 6.07) is 3.05. The predicted molar refractivity (Wildman–Crippen MR) is 93.4 cm³/mol. The summed E-state index contributed by atoms with van der Waals surface area (Å²) in [6.07, 6.45) is 1.37. The van der Waals surface area contributed by atoms with Gasteiger partial charge in [0.1, 0.15) is 12.4 Å². The Morgan fingerprint density at radius 1 is 1.26 bits per heavy atom. The number of anilines is 1. The minimum absolute atomic E-state index is 0.0169. The fourth-order valence-electron chi connectivity index (χ4n) is 2.99. The fourth-order valence-corrected chi connectivity index (χ4v) is 2.99. The van der Waals surface area contributed by atoms with Crippen LogP contribution in [0.3, 0.4) is 0 Å². The molecule has 0 fully saturated rings. The van der Waals surface area contributed by atoms with Gasteiger partial charge < -0.3 is 10.1 Å². The second kappa shape index (κ2) is 7.02. The molecule has 2 heterocycles. The van der Waals surface area contributed by atoms with Crippen LogP contribution in [0.2, 0.25) is 0 Å². The molecule has 0 saturated heterocycles. The number of carbonyl (C=O) groups is 1.